The molecular weight excluding hydrogens is 234 g/mol. The Labute approximate surface area is 106 Å². The fraction of sp³-hybridized carbons (Fsp3) is 0.818. The summed E-state index contributed by atoms with van der Waals surface area (Å²) >= 11 is 0. The van der Waals surface area contributed by atoms with E-state index in [2.05, 4.69) is 20.9 Å². The summed E-state index contributed by atoms with van der Waals surface area (Å²) in [6, 6.07) is -0.700. The summed E-state index contributed by atoms with van der Waals surface area (Å²) < 4.78 is 0. The monoisotopic (exact) mass is 253 g/mol. The topological polar surface area (TPSA) is 76.7 Å². The number of nitrogens with one attached hydrogen (secondary N) is 3. The SMILES string of the molecule is CN1C(=O)NC(=O)C2NC(N3CCCCC3)NC21. The number of nitrogens with zero attached hydrogens (tertiary/aromatic N) is 2. The predicted molar refractivity (Wildman–Crippen MR) is 64.4 cm³/mol. The smallest absolute Gasteiger partial charge is 0.310 e. The van der Waals surface area contributed by atoms with Gasteiger partial charge in [-0.2, -0.15) is 0 Å². The van der Waals surface area contributed by atoms with Crippen LogP contribution in [0.2, 0.25) is 0 Å². The van der Waals surface area contributed by atoms with E-state index in [0.717, 1.165) is 13.1 Å². The third kappa shape index (κ3) is 1.88. The molecular formula is C11H19N5O2. The van der Waals surface area contributed by atoms with Gasteiger partial charge in [0.25, 0.3) is 0 Å². The van der Waals surface area contributed by atoms with Crippen LogP contribution in [0.5, 0.6) is 0 Å². The second-order valence-electron chi connectivity index (χ2n) is 5.16. The minimum atomic E-state index is -0.361. The third-order valence-corrected chi connectivity index (χ3v) is 3.99. The van der Waals surface area contributed by atoms with E-state index < -0.39 is 0 Å². The van der Waals surface area contributed by atoms with Gasteiger partial charge in [-0.15, -0.1) is 0 Å². The van der Waals surface area contributed by atoms with Crippen molar-refractivity contribution in [3.63, 3.8) is 0 Å². The van der Waals surface area contributed by atoms with Crippen molar-refractivity contribution in [2.45, 2.75) is 37.8 Å². The molecule has 3 saturated heterocycles. The fourth-order valence-electron chi connectivity index (χ4n) is 2.91. The second-order valence-corrected chi connectivity index (χ2v) is 5.16. The summed E-state index contributed by atoms with van der Waals surface area (Å²) in [4.78, 5) is 27.2. The molecule has 0 radical (unpaired) electrons. The molecule has 0 aromatic rings. The lowest BCUT2D eigenvalue weighted by molar-refractivity contribution is -0.124. The minimum absolute atomic E-state index is 0.0144. The molecule has 100 valence electrons. The van der Waals surface area contributed by atoms with Crippen molar-refractivity contribution in [3.8, 4) is 0 Å². The summed E-state index contributed by atoms with van der Waals surface area (Å²) in [5.74, 6) is -0.241. The molecule has 0 aromatic heterocycles. The number of piperidine rings is 1. The number of imide groups is 1. The maximum absolute atomic E-state index is 11.8. The largest absolute Gasteiger partial charge is 0.325 e. The number of likely N-dealkylation sites (tertiary alicyclic amines) is 1. The third-order valence-electron chi connectivity index (χ3n) is 3.99. The standard InChI is InChI=1S/C11H19N5O2/c1-15-8-7(9(17)14-11(15)18)12-10(13-8)16-5-3-2-4-6-16/h7-8,10,12-13H,2-6H2,1H3,(H,14,17,18). The van der Waals surface area contributed by atoms with E-state index in [9.17, 15) is 9.59 Å². The fourth-order valence-corrected chi connectivity index (χ4v) is 2.91. The van der Waals surface area contributed by atoms with Crippen LogP contribution >= 0.6 is 0 Å². The molecule has 0 aliphatic carbocycles. The lowest BCUT2D eigenvalue weighted by Crippen LogP contribution is -2.64. The van der Waals surface area contributed by atoms with Gasteiger partial charge in [0.15, 0.2) is 0 Å². The number of carbonyl (C=O) groups excluding carboxylic acids is 2. The van der Waals surface area contributed by atoms with E-state index in [1.165, 1.54) is 19.3 Å². The van der Waals surface area contributed by atoms with Crippen molar-refractivity contribution >= 4 is 11.9 Å². The number of amides is 3. The molecule has 0 spiro atoms. The molecule has 7 nitrogen and oxygen atoms in total. The summed E-state index contributed by atoms with van der Waals surface area (Å²) in [7, 11) is 1.70. The minimum Gasteiger partial charge on any atom is -0.310 e. The van der Waals surface area contributed by atoms with Crippen LogP contribution in [-0.2, 0) is 4.79 Å². The van der Waals surface area contributed by atoms with E-state index >= 15 is 0 Å². The molecule has 0 bridgehead atoms. The van der Waals surface area contributed by atoms with Crippen LogP contribution in [0.15, 0.2) is 0 Å². The quantitative estimate of drug-likeness (QED) is 0.549. The van der Waals surface area contributed by atoms with Crippen LogP contribution in [0.1, 0.15) is 19.3 Å². The number of carbonyl (C=O) groups is 2. The Balaban J connectivity index is 1.72. The predicted octanol–water partition coefficient (Wildman–Crippen LogP) is -1.17. The molecule has 3 N–H and O–H groups in total. The Bertz CT molecular complexity index is 368. The molecule has 7 heteroatoms. The van der Waals surface area contributed by atoms with Gasteiger partial charge in [-0.25, -0.2) is 4.79 Å². The molecule has 3 fully saturated rings. The maximum atomic E-state index is 11.8. The number of rotatable bonds is 1. The van der Waals surface area contributed by atoms with Gasteiger partial charge < -0.3 is 4.90 Å². The van der Waals surface area contributed by atoms with Crippen molar-refractivity contribution in [1.82, 2.24) is 25.8 Å². The lowest BCUT2D eigenvalue weighted by atomic mass is 10.1. The molecule has 3 aliphatic rings. The van der Waals surface area contributed by atoms with Crippen molar-refractivity contribution in [2.75, 3.05) is 20.1 Å². The highest BCUT2D eigenvalue weighted by Gasteiger charge is 2.47. The van der Waals surface area contributed by atoms with E-state index in [4.69, 9.17) is 0 Å². The summed E-state index contributed by atoms with van der Waals surface area (Å²) in [6.45, 7) is 2.06. The van der Waals surface area contributed by atoms with Crippen LogP contribution in [0.4, 0.5) is 4.79 Å². The summed E-state index contributed by atoms with van der Waals surface area (Å²) in [5.41, 5.74) is 0. The van der Waals surface area contributed by atoms with E-state index in [1.807, 2.05) is 0 Å². The average Bonchev–Trinajstić information content (AvgIpc) is 2.83. The summed E-state index contributed by atoms with van der Waals surface area (Å²) in [6.07, 6.45) is 3.39. The first-order valence-corrected chi connectivity index (χ1v) is 6.50. The molecule has 3 unspecified atom stereocenters. The molecule has 3 heterocycles. The molecule has 3 aliphatic heterocycles. The molecule has 0 aromatic carbocycles. The van der Waals surface area contributed by atoms with Crippen molar-refractivity contribution in [2.24, 2.45) is 0 Å². The van der Waals surface area contributed by atoms with E-state index in [1.54, 1.807) is 11.9 Å². The number of fused-ring (bicyclic) bond motifs is 1. The van der Waals surface area contributed by atoms with Crippen LogP contribution in [0.25, 0.3) is 0 Å². The molecule has 0 saturated carbocycles. The van der Waals surface area contributed by atoms with E-state index in [0.29, 0.717) is 0 Å². The van der Waals surface area contributed by atoms with Crippen molar-refractivity contribution < 1.29 is 9.59 Å². The van der Waals surface area contributed by atoms with Gasteiger partial charge in [-0.3, -0.25) is 25.6 Å². The number of hydrogen-bond acceptors (Lipinski definition) is 5. The van der Waals surface area contributed by atoms with Gasteiger partial charge in [0, 0.05) is 20.1 Å². The Kier molecular flexibility index (Phi) is 2.96. The molecule has 3 atom stereocenters. The van der Waals surface area contributed by atoms with Crippen molar-refractivity contribution in [3.05, 3.63) is 0 Å². The maximum Gasteiger partial charge on any atom is 0.325 e. The highest BCUT2D eigenvalue weighted by Crippen LogP contribution is 2.18. The molecule has 3 amide bonds. The van der Waals surface area contributed by atoms with Gasteiger partial charge in [0.2, 0.25) is 5.91 Å². The summed E-state index contributed by atoms with van der Waals surface area (Å²) in [5, 5.41) is 8.96. The normalized spacial score (nSPS) is 37.6. The first kappa shape index (κ1) is 11.9. The first-order valence-electron chi connectivity index (χ1n) is 6.50. The Hall–Kier alpha value is -1.18. The van der Waals surface area contributed by atoms with Gasteiger partial charge >= 0.3 is 6.03 Å². The zero-order chi connectivity index (χ0) is 12.7. The highest BCUT2D eigenvalue weighted by atomic mass is 16.2. The number of urea groups is 1. The first-order chi connectivity index (χ1) is 8.66. The average molecular weight is 253 g/mol. The molecule has 18 heavy (non-hydrogen) atoms. The zero-order valence-electron chi connectivity index (χ0n) is 10.5. The van der Waals surface area contributed by atoms with Crippen LogP contribution in [0.3, 0.4) is 0 Å². The molecule has 3 rings (SSSR count). The van der Waals surface area contributed by atoms with Gasteiger partial charge in [0.1, 0.15) is 18.5 Å². The van der Waals surface area contributed by atoms with Gasteiger partial charge in [-0.05, 0) is 12.8 Å². The number of likely N-dealkylation sites (N-methyl/N-ethyl adjacent to an activating group) is 1. The lowest BCUT2D eigenvalue weighted by Gasteiger charge is -2.33. The van der Waals surface area contributed by atoms with Crippen LogP contribution < -0.4 is 16.0 Å². The second kappa shape index (κ2) is 4.49. The Morgan fingerprint density at radius 3 is 2.56 bits per heavy atom. The van der Waals surface area contributed by atoms with E-state index in [-0.39, 0.29) is 30.4 Å². The Morgan fingerprint density at radius 1 is 1.11 bits per heavy atom. The zero-order valence-corrected chi connectivity index (χ0v) is 10.5. The van der Waals surface area contributed by atoms with Crippen LogP contribution in [0, 0.1) is 0 Å². The van der Waals surface area contributed by atoms with Crippen LogP contribution in [-0.4, -0.2) is 60.4 Å². The highest BCUT2D eigenvalue weighted by molar-refractivity contribution is 6.00. The van der Waals surface area contributed by atoms with Gasteiger partial charge in [0.05, 0.1) is 0 Å². The van der Waals surface area contributed by atoms with Crippen molar-refractivity contribution in [1.29, 1.82) is 0 Å². The number of hydrogen-bond donors (Lipinski definition) is 3. The van der Waals surface area contributed by atoms with Gasteiger partial charge in [-0.1, -0.05) is 6.42 Å². The Morgan fingerprint density at radius 2 is 1.83 bits per heavy atom.